The molecule has 2 heterocycles. The Labute approximate surface area is 170 Å². The van der Waals surface area contributed by atoms with Crippen LogP contribution in [0.25, 0.3) is 22.2 Å². The fourth-order valence-corrected chi connectivity index (χ4v) is 4.10. The number of hydrogen-bond acceptors (Lipinski definition) is 4. The topological polar surface area (TPSA) is 79.5 Å². The van der Waals surface area contributed by atoms with Gasteiger partial charge in [-0.2, -0.15) is 24.2 Å². The van der Waals surface area contributed by atoms with Crippen molar-refractivity contribution in [2.45, 2.75) is 32.4 Å². The number of benzene rings is 2. The minimum atomic E-state index is -2.70. The van der Waals surface area contributed by atoms with Gasteiger partial charge >= 0.3 is 6.55 Å². The first kappa shape index (κ1) is 18.3. The Morgan fingerprint density at radius 2 is 2.17 bits per heavy atom. The molecular weight excluding hydrogens is 388 g/mol. The highest BCUT2D eigenvalue weighted by molar-refractivity contribution is 5.93. The number of H-pyrrole nitrogens is 1. The van der Waals surface area contributed by atoms with Gasteiger partial charge in [-0.3, -0.25) is 5.10 Å². The van der Waals surface area contributed by atoms with E-state index in [2.05, 4.69) is 21.4 Å². The van der Waals surface area contributed by atoms with Gasteiger partial charge in [-0.25, -0.2) is 4.68 Å². The minimum absolute atomic E-state index is 0.0965. The van der Waals surface area contributed by atoms with Crippen LogP contribution in [0.5, 0.6) is 5.75 Å². The summed E-state index contributed by atoms with van der Waals surface area (Å²) in [6.45, 7) is -0.723. The third-order valence-corrected chi connectivity index (χ3v) is 5.65. The van der Waals surface area contributed by atoms with Crippen LogP contribution >= 0.6 is 0 Å². The second-order valence-corrected chi connectivity index (χ2v) is 7.33. The lowest BCUT2D eigenvalue weighted by Gasteiger charge is -2.16. The van der Waals surface area contributed by atoms with E-state index in [1.54, 1.807) is 0 Å². The van der Waals surface area contributed by atoms with E-state index in [4.69, 9.17) is 4.74 Å². The Morgan fingerprint density at radius 3 is 2.93 bits per heavy atom. The molecule has 4 aromatic rings. The fraction of sp³-hybridized carbons (Fsp3) is 0.227. The second-order valence-electron chi connectivity index (χ2n) is 7.33. The van der Waals surface area contributed by atoms with Gasteiger partial charge in [0, 0.05) is 17.1 Å². The molecule has 0 spiro atoms. The van der Waals surface area contributed by atoms with Crippen molar-refractivity contribution in [1.29, 1.82) is 5.26 Å². The molecule has 0 bridgehead atoms. The lowest BCUT2D eigenvalue weighted by Crippen LogP contribution is -2.04. The first-order valence-electron chi connectivity index (χ1n) is 9.55. The van der Waals surface area contributed by atoms with Crippen LogP contribution in [-0.2, 0) is 6.42 Å². The number of nitrogens with one attached hydrogen (secondary N) is 1. The molecule has 150 valence electrons. The number of ether oxygens (including phenoxy) is 1. The average molecular weight is 405 g/mol. The third-order valence-electron chi connectivity index (χ3n) is 5.65. The van der Waals surface area contributed by atoms with Crippen molar-refractivity contribution in [2.24, 2.45) is 0 Å². The molecule has 2 aromatic heterocycles. The molecule has 0 amide bonds. The standard InChI is InChI=1S/C22H17F2N5O/c1-12-13(9-25)2-4-17-16(12)5-7-20(17)30-15-3-6-19-18(8-15)21(28-27-19)14-10-26-29(11-14)22(23)24/h2-4,6,8,10-11,20,22H,5,7H2,1H3,(H,27,28)/t20-/m1/s1. The highest BCUT2D eigenvalue weighted by Crippen LogP contribution is 2.38. The van der Waals surface area contributed by atoms with Gasteiger partial charge in [0.05, 0.1) is 23.3 Å². The summed E-state index contributed by atoms with van der Waals surface area (Å²) >= 11 is 0. The van der Waals surface area contributed by atoms with Gasteiger partial charge in [0.2, 0.25) is 0 Å². The van der Waals surface area contributed by atoms with Crippen LogP contribution in [0.3, 0.4) is 0 Å². The maximum absolute atomic E-state index is 12.9. The van der Waals surface area contributed by atoms with Gasteiger partial charge in [0.15, 0.2) is 0 Å². The number of fused-ring (bicyclic) bond motifs is 2. The molecule has 2 aromatic carbocycles. The van der Waals surface area contributed by atoms with E-state index in [9.17, 15) is 14.0 Å². The van der Waals surface area contributed by atoms with Crippen molar-refractivity contribution in [1.82, 2.24) is 20.0 Å². The number of nitrogens with zero attached hydrogens (tertiary/aromatic N) is 4. The number of aromatic nitrogens is 4. The fourth-order valence-electron chi connectivity index (χ4n) is 4.10. The molecule has 1 aliphatic rings. The van der Waals surface area contributed by atoms with Gasteiger partial charge < -0.3 is 4.74 Å². The van der Waals surface area contributed by atoms with Crippen molar-refractivity contribution in [3.05, 3.63) is 65.0 Å². The van der Waals surface area contributed by atoms with E-state index in [1.165, 1.54) is 18.0 Å². The van der Waals surface area contributed by atoms with E-state index >= 15 is 0 Å². The number of hydrogen-bond donors (Lipinski definition) is 1. The molecule has 0 saturated heterocycles. The van der Waals surface area contributed by atoms with E-state index in [-0.39, 0.29) is 6.10 Å². The summed E-state index contributed by atoms with van der Waals surface area (Å²) in [7, 11) is 0. The average Bonchev–Trinajstić information content (AvgIpc) is 3.46. The Morgan fingerprint density at radius 1 is 1.30 bits per heavy atom. The molecule has 0 unspecified atom stereocenters. The normalized spacial score (nSPS) is 15.5. The van der Waals surface area contributed by atoms with Gasteiger partial charge in [0.25, 0.3) is 0 Å². The van der Waals surface area contributed by atoms with E-state index < -0.39 is 6.55 Å². The smallest absolute Gasteiger partial charge is 0.333 e. The molecule has 0 saturated carbocycles. The summed E-state index contributed by atoms with van der Waals surface area (Å²) < 4.78 is 32.6. The van der Waals surface area contributed by atoms with Crippen molar-refractivity contribution in [3.63, 3.8) is 0 Å². The molecule has 1 atom stereocenters. The lowest BCUT2D eigenvalue weighted by atomic mass is 9.99. The van der Waals surface area contributed by atoms with Crippen LogP contribution in [0.15, 0.2) is 42.7 Å². The third kappa shape index (κ3) is 2.90. The molecule has 30 heavy (non-hydrogen) atoms. The minimum Gasteiger partial charge on any atom is -0.486 e. The molecule has 1 N–H and O–H groups in total. The predicted molar refractivity (Wildman–Crippen MR) is 106 cm³/mol. The number of alkyl halides is 2. The Balaban J connectivity index is 1.47. The van der Waals surface area contributed by atoms with E-state index in [1.807, 2.05) is 37.3 Å². The molecule has 1 aliphatic carbocycles. The number of aromatic amines is 1. The predicted octanol–water partition coefficient (Wildman–Crippen LogP) is 5.07. The SMILES string of the molecule is Cc1c(C#N)ccc2c1CC[C@H]2Oc1ccc2[nH]nc(-c3cnn(C(F)F)c3)c2c1. The van der Waals surface area contributed by atoms with Gasteiger partial charge in [-0.15, -0.1) is 0 Å². The molecule has 0 radical (unpaired) electrons. The maximum Gasteiger partial charge on any atom is 0.333 e. The van der Waals surface area contributed by atoms with Crippen LogP contribution < -0.4 is 4.74 Å². The molecule has 0 fully saturated rings. The first-order chi connectivity index (χ1) is 14.5. The number of nitriles is 1. The van der Waals surface area contributed by atoms with Crippen LogP contribution in [0.2, 0.25) is 0 Å². The largest absolute Gasteiger partial charge is 0.486 e. The Bertz CT molecular complexity index is 1300. The Hall–Kier alpha value is -3.73. The van der Waals surface area contributed by atoms with Crippen molar-refractivity contribution < 1.29 is 13.5 Å². The zero-order chi connectivity index (χ0) is 20.8. The number of halogens is 2. The molecule has 6 nitrogen and oxygen atoms in total. The summed E-state index contributed by atoms with van der Waals surface area (Å²) in [4.78, 5) is 0. The van der Waals surface area contributed by atoms with Crippen LogP contribution in [0, 0.1) is 18.3 Å². The summed E-state index contributed by atoms with van der Waals surface area (Å²) in [5.74, 6) is 0.672. The van der Waals surface area contributed by atoms with Gasteiger partial charge in [-0.1, -0.05) is 6.07 Å². The molecule has 5 rings (SSSR count). The molecule has 0 aliphatic heterocycles. The quantitative estimate of drug-likeness (QED) is 0.514. The van der Waals surface area contributed by atoms with Crippen LogP contribution in [-0.4, -0.2) is 20.0 Å². The second kappa shape index (κ2) is 6.95. The number of rotatable bonds is 4. The zero-order valence-electron chi connectivity index (χ0n) is 16.1. The first-order valence-corrected chi connectivity index (χ1v) is 9.55. The van der Waals surface area contributed by atoms with Gasteiger partial charge in [0.1, 0.15) is 17.5 Å². The monoisotopic (exact) mass is 405 g/mol. The highest BCUT2D eigenvalue weighted by atomic mass is 19.3. The van der Waals surface area contributed by atoms with Crippen molar-refractivity contribution >= 4 is 10.9 Å². The van der Waals surface area contributed by atoms with Crippen molar-refractivity contribution in [3.8, 4) is 23.1 Å². The summed E-state index contributed by atoms with van der Waals surface area (Å²) in [6, 6.07) is 11.6. The molecular formula is C22H17F2N5O. The maximum atomic E-state index is 12.9. The van der Waals surface area contributed by atoms with Crippen LogP contribution in [0.1, 0.15) is 41.3 Å². The summed E-state index contributed by atoms with van der Waals surface area (Å²) in [6.07, 6.45) is 4.26. The lowest BCUT2D eigenvalue weighted by molar-refractivity contribution is 0.0566. The zero-order valence-corrected chi connectivity index (χ0v) is 16.1. The van der Waals surface area contributed by atoms with Crippen molar-refractivity contribution in [2.75, 3.05) is 0 Å². The van der Waals surface area contributed by atoms with Crippen LogP contribution in [0.4, 0.5) is 8.78 Å². The Kier molecular flexibility index (Phi) is 4.24. The summed E-state index contributed by atoms with van der Waals surface area (Å²) in [5, 5.41) is 20.9. The molecule has 8 heteroatoms. The van der Waals surface area contributed by atoms with E-state index in [0.717, 1.165) is 34.9 Å². The van der Waals surface area contributed by atoms with Gasteiger partial charge in [-0.05, 0) is 60.7 Å². The summed E-state index contributed by atoms with van der Waals surface area (Å²) in [5.41, 5.74) is 5.84. The van der Waals surface area contributed by atoms with E-state index in [0.29, 0.717) is 27.3 Å². The highest BCUT2D eigenvalue weighted by Gasteiger charge is 2.26.